The summed E-state index contributed by atoms with van der Waals surface area (Å²) < 4.78 is 27.9. The third-order valence-electron chi connectivity index (χ3n) is 2.62. The summed E-state index contributed by atoms with van der Waals surface area (Å²) in [5.74, 6) is -0.370. The molecule has 0 aliphatic heterocycles. The van der Waals surface area contributed by atoms with Gasteiger partial charge in [0, 0.05) is 11.9 Å². The van der Waals surface area contributed by atoms with Gasteiger partial charge in [0.2, 0.25) is 10.0 Å². The largest absolute Gasteiger partial charge is 0.495 e. The van der Waals surface area contributed by atoms with Crippen LogP contribution in [0.3, 0.4) is 0 Å². The van der Waals surface area contributed by atoms with Crippen LogP contribution < -0.4 is 15.2 Å². The molecule has 1 aromatic heterocycles. The molecule has 1 amide bonds. The summed E-state index contributed by atoms with van der Waals surface area (Å²) in [6, 6.07) is 5.56. The number of anilines is 1. The highest BCUT2D eigenvalue weighted by Gasteiger charge is 2.17. The number of hydrogen-bond donors (Lipinski definition) is 3. The number of aromatic nitrogens is 1. The number of primary sulfonamides is 1. The molecule has 0 saturated heterocycles. The van der Waals surface area contributed by atoms with Gasteiger partial charge in [-0.2, -0.15) is 0 Å². The Morgan fingerprint density at radius 3 is 2.62 bits per heavy atom. The van der Waals surface area contributed by atoms with Crippen LogP contribution in [-0.4, -0.2) is 26.4 Å². The molecule has 1 heterocycles. The zero-order valence-electron chi connectivity index (χ0n) is 10.9. The van der Waals surface area contributed by atoms with E-state index >= 15 is 0 Å². The van der Waals surface area contributed by atoms with E-state index in [0.29, 0.717) is 5.02 Å². The standard InChI is InChI=1S/C12H12ClN3O4S/c1-20-10-3-2-8(5-11(10)21(14,18)19)16-12(17)9-4-7(13)6-15-9/h2-6,15H,1H3,(H,16,17)(H2,14,18,19). The van der Waals surface area contributed by atoms with Crippen molar-refractivity contribution in [3.05, 3.63) is 41.2 Å². The number of aromatic amines is 1. The zero-order valence-corrected chi connectivity index (χ0v) is 12.5. The molecule has 0 unspecified atom stereocenters. The minimum Gasteiger partial charge on any atom is -0.495 e. The minimum atomic E-state index is -3.97. The van der Waals surface area contributed by atoms with Crippen molar-refractivity contribution < 1.29 is 17.9 Å². The van der Waals surface area contributed by atoms with Crippen molar-refractivity contribution in [1.29, 1.82) is 0 Å². The lowest BCUT2D eigenvalue weighted by Crippen LogP contribution is -2.16. The number of sulfonamides is 1. The highest BCUT2D eigenvalue weighted by Crippen LogP contribution is 2.26. The first-order valence-electron chi connectivity index (χ1n) is 5.67. The minimum absolute atomic E-state index is 0.0958. The molecule has 0 aliphatic carbocycles. The summed E-state index contributed by atoms with van der Waals surface area (Å²) in [5.41, 5.74) is 0.503. The van der Waals surface area contributed by atoms with Gasteiger partial charge in [-0.25, -0.2) is 13.6 Å². The summed E-state index contributed by atoms with van der Waals surface area (Å²) in [5, 5.41) is 8.02. The quantitative estimate of drug-likeness (QED) is 0.789. The molecular formula is C12H12ClN3O4S. The Kier molecular flexibility index (Phi) is 4.21. The summed E-state index contributed by atoms with van der Waals surface area (Å²) >= 11 is 5.71. The number of carbonyl (C=O) groups is 1. The van der Waals surface area contributed by atoms with Gasteiger partial charge in [0.25, 0.3) is 5.91 Å². The van der Waals surface area contributed by atoms with Crippen LogP contribution in [0.5, 0.6) is 5.75 Å². The second-order valence-corrected chi connectivity index (χ2v) is 6.06. The number of amides is 1. The number of carbonyl (C=O) groups excluding carboxylic acids is 1. The van der Waals surface area contributed by atoms with E-state index in [0.717, 1.165) is 0 Å². The summed E-state index contributed by atoms with van der Waals surface area (Å²) in [7, 11) is -2.65. The van der Waals surface area contributed by atoms with Gasteiger partial charge in [-0.3, -0.25) is 4.79 Å². The van der Waals surface area contributed by atoms with Crippen molar-refractivity contribution in [2.45, 2.75) is 4.90 Å². The molecule has 112 valence electrons. The Bertz CT molecular complexity index is 786. The van der Waals surface area contributed by atoms with E-state index < -0.39 is 15.9 Å². The number of ether oxygens (including phenoxy) is 1. The van der Waals surface area contributed by atoms with Crippen LogP contribution >= 0.6 is 11.6 Å². The fourth-order valence-corrected chi connectivity index (χ4v) is 2.56. The van der Waals surface area contributed by atoms with Gasteiger partial charge in [-0.1, -0.05) is 11.6 Å². The molecule has 0 spiro atoms. The van der Waals surface area contributed by atoms with Gasteiger partial charge in [0.1, 0.15) is 16.3 Å². The Hall–Kier alpha value is -2.03. The number of rotatable bonds is 4. The molecule has 9 heteroatoms. The molecule has 0 radical (unpaired) electrons. The third kappa shape index (κ3) is 3.54. The smallest absolute Gasteiger partial charge is 0.272 e. The Morgan fingerprint density at radius 2 is 2.10 bits per heavy atom. The average molecular weight is 330 g/mol. The lowest BCUT2D eigenvalue weighted by molar-refractivity contribution is 0.102. The van der Waals surface area contributed by atoms with E-state index in [1.54, 1.807) is 0 Å². The molecule has 2 aromatic rings. The average Bonchev–Trinajstić information content (AvgIpc) is 2.84. The van der Waals surface area contributed by atoms with Crippen LogP contribution in [0, 0.1) is 0 Å². The Morgan fingerprint density at radius 1 is 1.38 bits per heavy atom. The topological polar surface area (TPSA) is 114 Å². The van der Waals surface area contributed by atoms with Gasteiger partial charge in [0.15, 0.2) is 0 Å². The molecule has 0 saturated carbocycles. The van der Waals surface area contributed by atoms with Crippen molar-refractivity contribution in [2.24, 2.45) is 5.14 Å². The van der Waals surface area contributed by atoms with E-state index in [1.807, 2.05) is 0 Å². The summed E-state index contributed by atoms with van der Waals surface area (Å²) in [6.07, 6.45) is 1.46. The van der Waals surface area contributed by atoms with Crippen LogP contribution in [0.4, 0.5) is 5.69 Å². The number of halogens is 1. The van der Waals surface area contributed by atoms with E-state index in [9.17, 15) is 13.2 Å². The zero-order chi connectivity index (χ0) is 15.6. The molecule has 0 bridgehead atoms. The highest BCUT2D eigenvalue weighted by atomic mass is 35.5. The predicted molar refractivity (Wildman–Crippen MR) is 78.1 cm³/mol. The maximum Gasteiger partial charge on any atom is 0.272 e. The molecule has 1 aromatic carbocycles. The first kappa shape index (κ1) is 15.4. The van der Waals surface area contributed by atoms with Gasteiger partial charge < -0.3 is 15.0 Å². The van der Waals surface area contributed by atoms with Crippen LogP contribution in [0.1, 0.15) is 10.5 Å². The molecule has 0 aliphatic rings. The third-order valence-corrected chi connectivity index (χ3v) is 3.77. The highest BCUT2D eigenvalue weighted by molar-refractivity contribution is 7.89. The van der Waals surface area contributed by atoms with Crippen molar-refractivity contribution in [3.63, 3.8) is 0 Å². The SMILES string of the molecule is COc1ccc(NC(=O)c2cc(Cl)c[nH]2)cc1S(N)(=O)=O. The maximum atomic E-state index is 11.9. The molecule has 7 nitrogen and oxygen atoms in total. The lowest BCUT2D eigenvalue weighted by atomic mass is 10.3. The second kappa shape index (κ2) is 5.76. The second-order valence-electron chi connectivity index (χ2n) is 4.10. The van der Waals surface area contributed by atoms with Crippen LogP contribution in [0.25, 0.3) is 0 Å². The molecule has 0 fully saturated rings. The molecular weight excluding hydrogens is 318 g/mol. The first-order chi connectivity index (χ1) is 9.81. The van der Waals surface area contributed by atoms with Gasteiger partial charge in [-0.05, 0) is 24.3 Å². The fourth-order valence-electron chi connectivity index (χ4n) is 1.67. The van der Waals surface area contributed by atoms with Crippen LogP contribution in [-0.2, 0) is 10.0 Å². The van der Waals surface area contributed by atoms with Crippen molar-refractivity contribution in [2.75, 3.05) is 12.4 Å². The van der Waals surface area contributed by atoms with Crippen molar-refractivity contribution in [1.82, 2.24) is 4.98 Å². The molecule has 0 atom stereocenters. The van der Waals surface area contributed by atoms with Gasteiger partial charge in [0.05, 0.1) is 12.1 Å². The summed E-state index contributed by atoms with van der Waals surface area (Å²) in [6.45, 7) is 0. The van der Waals surface area contributed by atoms with E-state index in [-0.39, 0.29) is 22.0 Å². The van der Waals surface area contributed by atoms with Gasteiger partial charge in [-0.15, -0.1) is 0 Å². The molecule has 4 N–H and O–H groups in total. The number of methoxy groups -OCH3 is 1. The Balaban J connectivity index is 2.31. The predicted octanol–water partition coefficient (Wildman–Crippen LogP) is 1.58. The number of benzene rings is 1. The number of hydrogen-bond acceptors (Lipinski definition) is 4. The van der Waals surface area contributed by atoms with Crippen molar-refractivity contribution >= 4 is 33.2 Å². The van der Waals surface area contributed by atoms with E-state index in [4.69, 9.17) is 21.5 Å². The fraction of sp³-hybridized carbons (Fsp3) is 0.0833. The monoisotopic (exact) mass is 329 g/mol. The summed E-state index contributed by atoms with van der Waals surface area (Å²) in [4.78, 5) is 14.4. The Labute approximate surface area is 126 Å². The van der Waals surface area contributed by atoms with Gasteiger partial charge >= 0.3 is 0 Å². The number of nitrogens with one attached hydrogen (secondary N) is 2. The van der Waals surface area contributed by atoms with Crippen LogP contribution in [0.15, 0.2) is 35.4 Å². The number of H-pyrrole nitrogens is 1. The molecule has 2 rings (SSSR count). The maximum absolute atomic E-state index is 11.9. The number of nitrogens with two attached hydrogens (primary N) is 1. The van der Waals surface area contributed by atoms with E-state index in [2.05, 4.69) is 10.3 Å². The van der Waals surface area contributed by atoms with Crippen molar-refractivity contribution in [3.8, 4) is 5.75 Å². The van der Waals surface area contributed by atoms with E-state index in [1.165, 1.54) is 37.6 Å². The molecule has 21 heavy (non-hydrogen) atoms. The lowest BCUT2D eigenvalue weighted by Gasteiger charge is -2.09. The first-order valence-corrected chi connectivity index (χ1v) is 7.60. The normalized spacial score (nSPS) is 11.2. The van der Waals surface area contributed by atoms with Crippen LogP contribution in [0.2, 0.25) is 5.02 Å².